The van der Waals surface area contributed by atoms with Crippen LogP contribution in [-0.2, 0) is 17.1 Å². The summed E-state index contributed by atoms with van der Waals surface area (Å²) in [5, 5.41) is 13.2. The second-order valence-corrected chi connectivity index (χ2v) is 10.1. The smallest absolute Gasteiger partial charge is 0.391 e. The predicted octanol–water partition coefficient (Wildman–Crippen LogP) is 5.75. The fraction of sp³-hybridized carbons (Fsp3) is 0.640. The van der Waals surface area contributed by atoms with Crippen molar-refractivity contribution in [2.75, 3.05) is 6.54 Å². The standard InChI is InChI=1S/C25H30F6N2O2/c1-23(22(35)32-19-4-2-3-5-21(19)34)12-10-20(33(23)13-11-15-6-7-15)17-14-16(24(26,27)28)8-9-18(17)25(29,30)31/h8-10,14-15,19,21,34H,2-7,11-13H2,1H3,(H,32,35)/t19-,21-,23?/m1/s1. The molecule has 4 rings (SSSR count). The number of nitrogens with zero attached hydrogens (tertiary/aromatic N) is 1. The number of alkyl halides is 6. The predicted molar refractivity (Wildman–Crippen MR) is 118 cm³/mol. The van der Waals surface area contributed by atoms with Crippen LogP contribution in [0, 0.1) is 5.92 Å². The molecular formula is C25H30F6N2O2. The van der Waals surface area contributed by atoms with Crippen LogP contribution in [0.4, 0.5) is 26.3 Å². The van der Waals surface area contributed by atoms with Gasteiger partial charge in [0.15, 0.2) is 0 Å². The van der Waals surface area contributed by atoms with Gasteiger partial charge in [-0.15, -0.1) is 0 Å². The number of benzene rings is 1. The van der Waals surface area contributed by atoms with Gasteiger partial charge in [0.05, 0.1) is 23.3 Å². The van der Waals surface area contributed by atoms with Gasteiger partial charge >= 0.3 is 12.4 Å². The third-order valence-electron chi connectivity index (χ3n) is 7.50. The Bertz CT molecular complexity index is 985. The minimum atomic E-state index is -4.87. The Labute approximate surface area is 200 Å². The third-order valence-corrected chi connectivity index (χ3v) is 7.50. The zero-order valence-electron chi connectivity index (χ0n) is 19.5. The monoisotopic (exact) mass is 504 g/mol. The molecule has 0 spiro atoms. The van der Waals surface area contributed by atoms with Gasteiger partial charge < -0.3 is 15.3 Å². The zero-order chi connectivity index (χ0) is 25.6. The highest BCUT2D eigenvalue weighted by Gasteiger charge is 2.47. The summed E-state index contributed by atoms with van der Waals surface area (Å²) in [5.41, 5.74) is -4.20. The van der Waals surface area contributed by atoms with Gasteiger partial charge in [-0.2, -0.15) is 26.3 Å². The molecule has 0 saturated heterocycles. The van der Waals surface area contributed by atoms with E-state index < -0.39 is 52.6 Å². The summed E-state index contributed by atoms with van der Waals surface area (Å²) in [6.45, 7) is 1.86. The summed E-state index contributed by atoms with van der Waals surface area (Å²) >= 11 is 0. The summed E-state index contributed by atoms with van der Waals surface area (Å²) in [5.74, 6) is -0.0426. The number of aliphatic hydroxyl groups excluding tert-OH is 1. The lowest BCUT2D eigenvalue weighted by molar-refractivity contribution is -0.141. The molecular weight excluding hydrogens is 474 g/mol. The number of aliphatic hydroxyl groups is 1. The number of nitrogens with one attached hydrogen (secondary N) is 1. The lowest BCUT2D eigenvalue weighted by Crippen LogP contribution is -2.58. The number of hydrogen-bond donors (Lipinski definition) is 2. The zero-order valence-corrected chi connectivity index (χ0v) is 19.5. The Morgan fingerprint density at radius 3 is 2.37 bits per heavy atom. The van der Waals surface area contributed by atoms with Crippen molar-refractivity contribution >= 4 is 11.6 Å². The fourth-order valence-corrected chi connectivity index (χ4v) is 5.12. The van der Waals surface area contributed by atoms with Gasteiger partial charge in [0.1, 0.15) is 5.54 Å². The van der Waals surface area contributed by atoms with Crippen LogP contribution in [0.15, 0.2) is 24.3 Å². The molecule has 2 saturated carbocycles. The van der Waals surface area contributed by atoms with E-state index in [1.807, 2.05) is 0 Å². The third kappa shape index (κ3) is 5.47. The molecule has 1 aromatic carbocycles. The van der Waals surface area contributed by atoms with Crippen molar-refractivity contribution in [1.29, 1.82) is 0 Å². The second kappa shape index (κ2) is 9.33. The largest absolute Gasteiger partial charge is 0.417 e. The maximum atomic E-state index is 13.9. The SMILES string of the molecule is CC1(C(=O)N[C@@H]2CCCC[C@H]2O)CC=C(c2cc(C(F)(F)F)ccc2C(F)(F)F)N1CCC1CC1. The molecule has 4 nitrogen and oxygen atoms in total. The van der Waals surface area contributed by atoms with Crippen LogP contribution in [0.3, 0.4) is 0 Å². The Morgan fingerprint density at radius 2 is 1.77 bits per heavy atom. The highest BCUT2D eigenvalue weighted by atomic mass is 19.4. The lowest BCUT2D eigenvalue weighted by Gasteiger charge is -2.40. The van der Waals surface area contributed by atoms with Gasteiger partial charge in [-0.25, -0.2) is 0 Å². The molecule has 35 heavy (non-hydrogen) atoms. The molecule has 1 aliphatic heterocycles. The van der Waals surface area contributed by atoms with E-state index in [0.29, 0.717) is 43.4 Å². The van der Waals surface area contributed by atoms with Crippen LogP contribution in [0.1, 0.15) is 75.0 Å². The summed E-state index contributed by atoms with van der Waals surface area (Å²) in [4.78, 5) is 15.0. The first-order valence-electron chi connectivity index (χ1n) is 12.1. The number of hydrogen-bond acceptors (Lipinski definition) is 3. The highest BCUT2D eigenvalue weighted by Crippen LogP contribution is 2.45. The first-order chi connectivity index (χ1) is 16.3. The summed E-state index contributed by atoms with van der Waals surface area (Å²) in [7, 11) is 0. The Kier molecular flexibility index (Phi) is 6.89. The van der Waals surface area contributed by atoms with Gasteiger partial charge in [-0.1, -0.05) is 31.8 Å². The molecule has 0 bridgehead atoms. The van der Waals surface area contributed by atoms with Gasteiger partial charge in [-0.05, 0) is 56.7 Å². The van der Waals surface area contributed by atoms with Gasteiger partial charge in [0.2, 0.25) is 5.91 Å². The lowest BCUT2D eigenvalue weighted by atomic mass is 9.90. The minimum absolute atomic E-state index is 0.00841. The molecule has 10 heteroatoms. The first kappa shape index (κ1) is 25.9. The van der Waals surface area contributed by atoms with E-state index >= 15 is 0 Å². The topological polar surface area (TPSA) is 52.6 Å². The van der Waals surface area contributed by atoms with E-state index in [-0.39, 0.29) is 18.7 Å². The molecule has 0 radical (unpaired) electrons. The van der Waals surface area contributed by atoms with Gasteiger partial charge in [0, 0.05) is 17.8 Å². The summed E-state index contributed by atoms with van der Waals surface area (Å²) in [6.07, 6.45) is -3.45. The van der Waals surface area contributed by atoms with E-state index in [2.05, 4.69) is 5.32 Å². The average molecular weight is 505 g/mol. The Morgan fingerprint density at radius 1 is 1.09 bits per heavy atom. The quantitative estimate of drug-likeness (QED) is 0.485. The van der Waals surface area contributed by atoms with E-state index in [1.54, 1.807) is 11.8 Å². The van der Waals surface area contributed by atoms with Crippen LogP contribution < -0.4 is 5.32 Å². The molecule has 1 unspecified atom stereocenters. The van der Waals surface area contributed by atoms with E-state index in [1.165, 1.54) is 6.08 Å². The molecule has 194 valence electrons. The first-order valence-corrected chi connectivity index (χ1v) is 12.1. The molecule has 3 aliphatic rings. The second-order valence-electron chi connectivity index (χ2n) is 10.1. The maximum absolute atomic E-state index is 13.9. The van der Waals surface area contributed by atoms with Crippen molar-refractivity contribution in [2.45, 2.75) is 88.3 Å². The van der Waals surface area contributed by atoms with Gasteiger partial charge in [-0.3, -0.25) is 4.79 Å². The van der Waals surface area contributed by atoms with Crippen LogP contribution >= 0.6 is 0 Å². The number of carbonyl (C=O) groups is 1. The van der Waals surface area contributed by atoms with Gasteiger partial charge in [0.25, 0.3) is 0 Å². The Balaban J connectivity index is 1.69. The van der Waals surface area contributed by atoms with Crippen molar-refractivity contribution < 1.29 is 36.2 Å². The minimum Gasteiger partial charge on any atom is -0.391 e. The van der Waals surface area contributed by atoms with Crippen molar-refractivity contribution in [3.8, 4) is 0 Å². The molecule has 2 N–H and O–H groups in total. The van der Waals surface area contributed by atoms with E-state index in [0.717, 1.165) is 25.7 Å². The highest BCUT2D eigenvalue weighted by molar-refractivity contribution is 5.90. The van der Waals surface area contributed by atoms with Crippen LogP contribution in [-0.4, -0.2) is 40.1 Å². The van der Waals surface area contributed by atoms with E-state index in [9.17, 15) is 36.2 Å². The van der Waals surface area contributed by atoms with Crippen molar-refractivity contribution in [2.24, 2.45) is 5.92 Å². The summed E-state index contributed by atoms with van der Waals surface area (Å²) < 4.78 is 81.8. The van der Waals surface area contributed by atoms with Crippen molar-refractivity contribution in [1.82, 2.24) is 10.2 Å². The normalized spacial score (nSPS) is 27.7. The number of amides is 1. The maximum Gasteiger partial charge on any atom is 0.417 e. The molecule has 1 amide bonds. The molecule has 0 aromatic heterocycles. The Hall–Kier alpha value is -2.23. The fourth-order valence-electron chi connectivity index (χ4n) is 5.12. The molecule has 2 aliphatic carbocycles. The van der Waals surface area contributed by atoms with Crippen LogP contribution in [0.2, 0.25) is 0 Å². The number of carbonyl (C=O) groups excluding carboxylic acids is 1. The van der Waals surface area contributed by atoms with Crippen molar-refractivity contribution in [3.05, 3.63) is 41.0 Å². The van der Waals surface area contributed by atoms with Crippen LogP contribution in [0.25, 0.3) is 5.70 Å². The molecule has 1 heterocycles. The summed E-state index contributed by atoms with van der Waals surface area (Å²) in [6, 6.07) is 0.980. The van der Waals surface area contributed by atoms with Crippen LogP contribution in [0.5, 0.6) is 0 Å². The molecule has 1 aromatic rings. The molecule has 2 fully saturated rings. The van der Waals surface area contributed by atoms with E-state index in [4.69, 9.17) is 0 Å². The number of rotatable bonds is 6. The molecule has 3 atom stereocenters. The van der Waals surface area contributed by atoms with Crippen molar-refractivity contribution in [3.63, 3.8) is 0 Å². The number of halogens is 6. The average Bonchev–Trinajstić information content (AvgIpc) is 3.54.